The number of nitrogens with zero attached hydrogens (tertiary/aromatic N) is 1. The fourth-order valence-corrected chi connectivity index (χ4v) is 7.85. The number of benzene rings is 8. The fraction of sp³-hybridized carbons (Fsp3) is 0.0612. The molecule has 1 heteroatoms. The highest BCUT2D eigenvalue weighted by Crippen LogP contribution is 2.51. The van der Waals surface area contributed by atoms with E-state index in [0.717, 1.165) is 17.1 Å². The molecule has 0 saturated carbocycles. The standard InChI is InChI=1S/C49H37N/c1-49(2)47-20-12-11-19-44(47)45-30-28-42(33-48(45)49)50(40-26-25-35-15-9-10-18-39(35)31-40)41-27-29-43(46(32-41)37-16-7-4-8-17-37)38-23-21-36(22-24-38)34-13-5-3-6-14-34/h3-33H,1-2H3. The monoisotopic (exact) mass is 639 g/mol. The van der Waals surface area contributed by atoms with Gasteiger partial charge in [-0.2, -0.15) is 0 Å². The molecule has 1 nitrogen and oxygen atoms in total. The molecular weight excluding hydrogens is 603 g/mol. The van der Waals surface area contributed by atoms with E-state index in [4.69, 9.17) is 0 Å². The van der Waals surface area contributed by atoms with Crippen LogP contribution in [-0.4, -0.2) is 0 Å². The summed E-state index contributed by atoms with van der Waals surface area (Å²) in [4.78, 5) is 2.43. The SMILES string of the molecule is CC1(C)c2ccccc2-c2ccc(N(c3ccc(-c4ccc(-c5ccccc5)cc4)c(-c4ccccc4)c3)c3ccc4ccccc4c3)cc21. The fourth-order valence-electron chi connectivity index (χ4n) is 7.85. The van der Waals surface area contributed by atoms with Gasteiger partial charge in [0.05, 0.1) is 0 Å². The molecule has 0 aromatic heterocycles. The average Bonchev–Trinajstić information content (AvgIpc) is 3.41. The van der Waals surface area contributed by atoms with Gasteiger partial charge in [-0.1, -0.05) is 166 Å². The Hall–Kier alpha value is -6.18. The van der Waals surface area contributed by atoms with Crippen molar-refractivity contribution in [3.8, 4) is 44.5 Å². The molecule has 1 aliphatic rings. The van der Waals surface area contributed by atoms with Gasteiger partial charge in [0.1, 0.15) is 0 Å². The molecule has 0 saturated heterocycles. The lowest BCUT2D eigenvalue weighted by Crippen LogP contribution is -2.16. The molecule has 8 aromatic rings. The maximum atomic E-state index is 2.43. The largest absolute Gasteiger partial charge is 0.310 e. The molecule has 0 unspecified atom stereocenters. The highest BCUT2D eigenvalue weighted by atomic mass is 15.1. The summed E-state index contributed by atoms with van der Waals surface area (Å²) in [7, 11) is 0. The van der Waals surface area contributed by atoms with E-state index < -0.39 is 0 Å². The highest BCUT2D eigenvalue weighted by Gasteiger charge is 2.35. The lowest BCUT2D eigenvalue weighted by molar-refractivity contribution is 0.660. The van der Waals surface area contributed by atoms with Crippen LogP contribution in [0.25, 0.3) is 55.3 Å². The van der Waals surface area contributed by atoms with Crippen LogP contribution in [-0.2, 0) is 5.41 Å². The number of rotatable bonds is 6. The summed E-state index contributed by atoms with van der Waals surface area (Å²) in [5, 5.41) is 2.46. The van der Waals surface area contributed by atoms with Gasteiger partial charge in [0.15, 0.2) is 0 Å². The molecule has 0 fully saturated rings. The molecule has 238 valence electrons. The Kier molecular flexibility index (Phi) is 7.21. The van der Waals surface area contributed by atoms with E-state index in [1.165, 1.54) is 66.4 Å². The molecule has 8 aromatic carbocycles. The van der Waals surface area contributed by atoms with Gasteiger partial charge >= 0.3 is 0 Å². The van der Waals surface area contributed by atoms with Gasteiger partial charge in [0, 0.05) is 22.5 Å². The van der Waals surface area contributed by atoms with Crippen molar-refractivity contribution in [2.75, 3.05) is 4.90 Å². The van der Waals surface area contributed by atoms with Gasteiger partial charge in [0.2, 0.25) is 0 Å². The molecule has 9 rings (SSSR count). The number of hydrogen-bond donors (Lipinski definition) is 0. The quantitative estimate of drug-likeness (QED) is 0.175. The first-order chi connectivity index (χ1) is 24.5. The van der Waals surface area contributed by atoms with Crippen molar-refractivity contribution in [3.63, 3.8) is 0 Å². The molecular formula is C49H37N. The van der Waals surface area contributed by atoms with Crippen molar-refractivity contribution in [2.24, 2.45) is 0 Å². The minimum absolute atomic E-state index is 0.0953. The smallest absolute Gasteiger partial charge is 0.0468 e. The zero-order valence-electron chi connectivity index (χ0n) is 28.3. The minimum Gasteiger partial charge on any atom is -0.310 e. The zero-order chi connectivity index (χ0) is 33.7. The second-order valence-corrected chi connectivity index (χ2v) is 13.8. The lowest BCUT2D eigenvalue weighted by atomic mass is 9.82. The minimum atomic E-state index is -0.0953. The molecule has 0 radical (unpaired) electrons. The van der Waals surface area contributed by atoms with Crippen molar-refractivity contribution in [2.45, 2.75) is 19.3 Å². The van der Waals surface area contributed by atoms with E-state index in [2.05, 4.69) is 207 Å². The van der Waals surface area contributed by atoms with Crippen molar-refractivity contribution in [3.05, 3.63) is 199 Å². The van der Waals surface area contributed by atoms with Gasteiger partial charge in [-0.05, 0) is 103 Å². The van der Waals surface area contributed by atoms with E-state index in [-0.39, 0.29) is 5.41 Å². The van der Waals surface area contributed by atoms with E-state index in [0.29, 0.717) is 0 Å². The van der Waals surface area contributed by atoms with Crippen LogP contribution < -0.4 is 4.90 Å². The predicted octanol–water partition coefficient (Wildman–Crippen LogP) is 13.6. The zero-order valence-corrected chi connectivity index (χ0v) is 28.3. The molecule has 0 N–H and O–H groups in total. The number of fused-ring (bicyclic) bond motifs is 4. The molecule has 0 bridgehead atoms. The first kappa shape index (κ1) is 29.9. The van der Waals surface area contributed by atoms with Crippen LogP contribution in [0.2, 0.25) is 0 Å². The second kappa shape index (κ2) is 12.1. The third kappa shape index (κ3) is 5.11. The van der Waals surface area contributed by atoms with E-state index in [1.807, 2.05) is 0 Å². The molecule has 50 heavy (non-hydrogen) atoms. The van der Waals surface area contributed by atoms with Gasteiger partial charge < -0.3 is 4.90 Å². The predicted molar refractivity (Wildman–Crippen MR) is 213 cm³/mol. The van der Waals surface area contributed by atoms with E-state index in [1.54, 1.807) is 0 Å². The Bertz CT molecular complexity index is 2490. The highest BCUT2D eigenvalue weighted by molar-refractivity contribution is 5.93. The van der Waals surface area contributed by atoms with Crippen LogP contribution in [0.15, 0.2) is 188 Å². The maximum absolute atomic E-state index is 2.43. The Morgan fingerprint density at radius 3 is 1.58 bits per heavy atom. The van der Waals surface area contributed by atoms with E-state index in [9.17, 15) is 0 Å². The van der Waals surface area contributed by atoms with Crippen molar-refractivity contribution in [1.82, 2.24) is 0 Å². The molecule has 0 aliphatic heterocycles. The summed E-state index contributed by atoms with van der Waals surface area (Å²) in [6.07, 6.45) is 0. The third-order valence-electron chi connectivity index (χ3n) is 10.5. The normalized spacial score (nSPS) is 12.8. The van der Waals surface area contributed by atoms with Crippen molar-refractivity contribution in [1.29, 1.82) is 0 Å². The van der Waals surface area contributed by atoms with Crippen LogP contribution in [0, 0.1) is 0 Å². The van der Waals surface area contributed by atoms with Crippen molar-refractivity contribution < 1.29 is 0 Å². The van der Waals surface area contributed by atoms with Crippen LogP contribution in [0.5, 0.6) is 0 Å². The molecule has 1 aliphatic carbocycles. The van der Waals surface area contributed by atoms with Gasteiger partial charge in [-0.3, -0.25) is 0 Å². The number of hydrogen-bond acceptors (Lipinski definition) is 1. The Labute approximate surface area is 294 Å². The number of anilines is 3. The van der Waals surface area contributed by atoms with Crippen molar-refractivity contribution >= 4 is 27.8 Å². The van der Waals surface area contributed by atoms with E-state index >= 15 is 0 Å². The summed E-state index contributed by atoms with van der Waals surface area (Å²) in [6, 6.07) is 68.7. The van der Waals surface area contributed by atoms with Crippen LogP contribution in [0.3, 0.4) is 0 Å². The Morgan fingerprint density at radius 2 is 0.820 bits per heavy atom. The molecule has 0 spiro atoms. The summed E-state index contributed by atoms with van der Waals surface area (Å²) < 4.78 is 0. The first-order valence-electron chi connectivity index (χ1n) is 17.4. The third-order valence-corrected chi connectivity index (χ3v) is 10.5. The Morgan fingerprint density at radius 1 is 0.320 bits per heavy atom. The molecule has 0 atom stereocenters. The lowest BCUT2D eigenvalue weighted by Gasteiger charge is -2.29. The van der Waals surface area contributed by atoms with Crippen LogP contribution in [0.4, 0.5) is 17.1 Å². The second-order valence-electron chi connectivity index (χ2n) is 13.8. The Balaban J connectivity index is 1.22. The summed E-state index contributed by atoms with van der Waals surface area (Å²) in [5.41, 5.74) is 16.0. The van der Waals surface area contributed by atoms with Gasteiger partial charge in [-0.25, -0.2) is 0 Å². The topological polar surface area (TPSA) is 3.24 Å². The first-order valence-corrected chi connectivity index (χ1v) is 17.4. The van der Waals surface area contributed by atoms with Crippen LogP contribution >= 0.6 is 0 Å². The van der Waals surface area contributed by atoms with Gasteiger partial charge in [-0.15, -0.1) is 0 Å². The summed E-state index contributed by atoms with van der Waals surface area (Å²) >= 11 is 0. The molecule has 0 amide bonds. The van der Waals surface area contributed by atoms with Gasteiger partial charge in [0.25, 0.3) is 0 Å². The summed E-state index contributed by atoms with van der Waals surface area (Å²) in [5.74, 6) is 0. The van der Waals surface area contributed by atoms with Crippen LogP contribution in [0.1, 0.15) is 25.0 Å². The summed E-state index contributed by atoms with van der Waals surface area (Å²) in [6.45, 7) is 4.71. The maximum Gasteiger partial charge on any atom is 0.0468 e. The molecule has 0 heterocycles. The average molecular weight is 640 g/mol.